The molecule has 2 aliphatic rings. The van der Waals surface area contributed by atoms with Crippen LogP contribution in [0.4, 0.5) is 4.79 Å². The highest BCUT2D eigenvalue weighted by molar-refractivity contribution is 5.70. The fraction of sp³-hybridized carbons (Fsp3) is 0.875. The molecule has 2 rings (SSSR count). The Balaban J connectivity index is 1.99. The Labute approximate surface area is 126 Å². The first-order chi connectivity index (χ1) is 9.72. The van der Waals surface area contributed by atoms with E-state index >= 15 is 0 Å². The molecule has 21 heavy (non-hydrogen) atoms. The van der Waals surface area contributed by atoms with Gasteiger partial charge in [0.25, 0.3) is 0 Å². The Morgan fingerprint density at radius 1 is 1.24 bits per heavy atom. The monoisotopic (exact) mass is 297 g/mol. The van der Waals surface area contributed by atoms with E-state index in [-0.39, 0.29) is 24.0 Å². The lowest BCUT2D eigenvalue weighted by Crippen LogP contribution is -2.51. The van der Waals surface area contributed by atoms with Crippen molar-refractivity contribution in [2.75, 3.05) is 6.54 Å². The SMILES string of the molecule is CC(C)(C)OC(=O)N1CCCC12CCC(CC(=O)O)CC2. The van der Waals surface area contributed by atoms with Crippen molar-refractivity contribution in [3.63, 3.8) is 0 Å². The Kier molecular flexibility index (Phi) is 4.49. The van der Waals surface area contributed by atoms with Gasteiger partial charge in [-0.05, 0) is 65.2 Å². The molecule has 5 nitrogen and oxygen atoms in total. The van der Waals surface area contributed by atoms with Gasteiger partial charge in [-0.1, -0.05) is 0 Å². The molecule has 0 aromatic rings. The molecule has 1 aliphatic heterocycles. The van der Waals surface area contributed by atoms with Crippen LogP contribution < -0.4 is 0 Å². The van der Waals surface area contributed by atoms with E-state index in [0.717, 1.165) is 45.1 Å². The van der Waals surface area contributed by atoms with Gasteiger partial charge in [-0.25, -0.2) is 4.79 Å². The third kappa shape index (κ3) is 3.89. The molecule has 5 heteroatoms. The van der Waals surface area contributed by atoms with Crippen molar-refractivity contribution >= 4 is 12.1 Å². The minimum atomic E-state index is -0.716. The molecule has 1 N–H and O–H groups in total. The zero-order chi connectivity index (χ0) is 15.7. The van der Waals surface area contributed by atoms with Crippen LogP contribution in [0, 0.1) is 5.92 Å². The van der Waals surface area contributed by atoms with Crippen LogP contribution in [0.15, 0.2) is 0 Å². The second kappa shape index (κ2) is 5.85. The number of carboxylic acids is 1. The van der Waals surface area contributed by atoms with Crippen LogP contribution in [0.5, 0.6) is 0 Å². The smallest absolute Gasteiger partial charge is 0.410 e. The van der Waals surface area contributed by atoms with Crippen LogP contribution in [-0.2, 0) is 9.53 Å². The summed E-state index contributed by atoms with van der Waals surface area (Å²) in [5, 5.41) is 8.91. The van der Waals surface area contributed by atoms with E-state index in [9.17, 15) is 9.59 Å². The van der Waals surface area contributed by atoms with Crippen LogP contribution in [0.2, 0.25) is 0 Å². The zero-order valence-corrected chi connectivity index (χ0v) is 13.4. The summed E-state index contributed by atoms with van der Waals surface area (Å²) in [6.07, 6.45) is 5.68. The highest BCUT2D eigenvalue weighted by Crippen LogP contribution is 2.44. The number of likely N-dealkylation sites (tertiary alicyclic amines) is 1. The molecule has 1 spiro atoms. The molecule has 1 heterocycles. The number of hydrogen-bond acceptors (Lipinski definition) is 3. The molecule has 1 saturated carbocycles. The van der Waals surface area contributed by atoms with Gasteiger partial charge in [-0.15, -0.1) is 0 Å². The van der Waals surface area contributed by atoms with Gasteiger partial charge in [-0.2, -0.15) is 0 Å². The van der Waals surface area contributed by atoms with Gasteiger partial charge in [0.2, 0.25) is 0 Å². The van der Waals surface area contributed by atoms with E-state index in [1.165, 1.54) is 0 Å². The number of rotatable bonds is 2. The van der Waals surface area contributed by atoms with Crippen LogP contribution >= 0.6 is 0 Å². The van der Waals surface area contributed by atoms with E-state index < -0.39 is 11.6 Å². The zero-order valence-electron chi connectivity index (χ0n) is 13.4. The minimum absolute atomic E-state index is 0.0860. The van der Waals surface area contributed by atoms with Gasteiger partial charge < -0.3 is 14.7 Å². The summed E-state index contributed by atoms with van der Waals surface area (Å²) in [5.41, 5.74) is -0.557. The maximum absolute atomic E-state index is 12.4. The molecule has 0 bridgehead atoms. The highest BCUT2D eigenvalue weighted by Gasteiger charge is 2.47. The molecule has 1 aliphatic carbocycles. The minimum Gasteiger partial charge on any atom is -0.481 e. The average molecular weight is 297 g/mol. The first-order valence-corrected chi connectivity index (χ1v) is 7.94. The summed E-state index contributed by atoms with van der Waals surface area (Å²) < 4.78 is 5.53. The van der Waals surface area contributed by atoms with Crippen molar-refractivity contribution in [2.45, 2.75) is 76.9 Å². The molecule has 0 atom stereocenters. The molecular formula is C16H27NO4. The molecule has 0 unspecified atom stereocenters. The summed E-state index contributed by atoms with van der Waals surface area (Å²) in [4.78, 5) is 25.1. The van der Waals surface area contributed by atoms with Crippen LogP contribution in [0.3, 0.4) is 0 Å². The van der Waals surface area contributed by atoms with Gasteiger partial charge >= 0.3 is 12.1 Å². The fourth-order valence-electron chi connectivity index (χ4n) is 3.73. The van der Waals surface area contributed by atoms with Gasteiger partial charge in [0.05, 0.1) is 0 Å². The van der Waals surface area contributed by atoms with Crippen molar-refractivity contribution in [1.29, 1.82) is 0 Å². The topological polar surface area (TPSA) is 66.8 Å². The van der Waals surface area contributed by atoms with Crippen LogP contribution in [0.25, 0.3) is 0 Å². The number of carbonyl (C=O) groups is 2. The number of aliphatic carboxylic acids is 1. The van der Waals surface area contributed by atoms with E-state index in [2.05, 4.69) is 0 Å². The second-order valence-electron chi connectivity index (χ2n) is 7.50. The quantitative estimate of drug-likeness (QED) is 0.848. The third-order valence-electron chi connectivity index (χ3n) is 4.71. The Bertz CT molecular complexity index is 405. The summed E-state index contributed by atoms with van der Waals surface area (Å²) in [5.74, 6) is -0.458. The Morgan fingerprint density at radius 3 is 2.38 bits per heavy atom. The second-order valence-corrected chi connectivity index (χ2v) is 7.50. The van der Waals surface area contributed by atoms with Gasteiger partial charge in [0.1, 0.15) is 5.60 Å². The third-order valence-corrected chi connectivity index (χ3v) is 4.71. The van der Waals surface area contributed by atoms with Crippen molar-refractivity contribution in [1.82, 2.24) is 4.90 Å². The lowest BCUT2D eigenvalue weighted by Gasteiger charge is -2.43. The predicted molar refractivity (Wildman–Crippen MR) is 79.1 cm³/mol. The van der Waals surface area contributed by atoms with Crippen LogP contribution in [-0.4, -0.2) is 39.8 Å². The average Bonchev–Trinajstić information content (AvgIpc) is 2.73. The lowest BCUT2D eigenvalue weighted by molar-refractivity contribution is -0.138. The Hall–Kier alpha value is -1.26. The van der Waals surface area contributed by atoms with E-state index in [4.69, 9.17) is 9.84 Å². The first kappa shape index (κ1) is 16.1. The number of ether oxygens (including phenoxy) is 1. The largest absolute Gasteiger partial charge is 0.481 e. The predicted octanol–water partition coefficient (Wildman–Crippen LogP) is 3.42. The number of amides is 1. The maximum Gasteiger partial charge on any atom is 0.410 e. The normalized spacial score (nSPS) is 29.7. The first-order valence-electron chi connectivity index (χ1n) is 7.94. The summed E-state index contributed by atoms with van der Waals surface area (Å²) in [6.45, 7) is 6.42. The van der Waals surface area contributed by atoms with E-state index in [1.54, 1.807) is 0 Å². The molecule has 1 amide bonds. The standard InChI is InChI=1S/C16H27NO4/c1-15(2,3)21-14(20)17-10-4-7-16(17)8-5-12(6-9-16)11-13(18)19/h12H,4-11H2,1-3H3,(H,18,19). The number of carbonyl (C=O) groups excluding carboxylic acids is 1. The summed E-state index contributed by atoms with van der Waals surface area (Å²) >= 11 is 0. The molecule has 2 fully saturated rings. The molecule has 120 valence electrons. The molecule has 1 saturated heterocycles. The molecule has 0 aromatic heterocycles. The number of nitrogens with zero attached hydrogens (tertiary/aromatic N) is 1. The molecular weight excluding hydrogens is 270 g/mol. The molecule has 0 aromatic carbocycles. The van der Waals surface area contributed by atoms with Gasteiger partial charge in [0, 0.05) is 18.5 Å². The van der Waals surface area contributed by atoms with E-state index in [0.29, 0.717) is 0 Å². The van der Waals surface area contributed by atoms with Gasteiger partial charge in [0.15, 0.2) is 0 Å². The maximum atomic E-state index is 12.4. The van der Waals surface area contributed by atoms with Crippen molar-refractivity contribution in [2.24, 2.45) is 5.92 Å². The summed E-state index contributed by atoms with van der Waals surface area (Å²) in [7, 11) is 0. The van der Waals surface area contributed by atoms with Crippen molar-refractivity contribution in [3.05, 3.63) is 0 Å². The van der Waals surface area contributed by atoms with Gasteiger partial charge in [-0.3, -0.25) is 4.79 Å². The van der Waals surface area contributed by atoms with Crippen LogP contribution in [0.1, 0.15) is 65.7 Å². The summed E-state index contributed by atoms with van der Waals surface area (Å²) in [6, 6.07) is 0. The number of hydrogen-bond donors (Lipinski definition) is 1. The van der Waals surface area contributed by atoms with E-state index in [1.807, 2.05) is 25.7 Å². The fourth-order valence-corrected chi connectivity index (χ4v) is 3.73. The van der Waals surface area contributed by atoms with Crippen molar-refractivity contribution in [3.8, 4) is 0 Å². The Morgan fingerprint density at radius 2 is 1.86 bits per heavy atom. The lowest BCUT2D eigenvalue weighted by atomic mass is 9.74. The van der Waals surface area contributed by atoms with Crippen molar-refractivity contribution < 1.29 is 19.4 Å². The number of carboxylic acid groups (broad SMARTS) is 1. The highest BCUT2D eigenvalue weighted by atomic mass is 16.6. The molecule has 0 radical (unpaired) electrons.